The van der Waals surface area contributed by atoms with Crippen molar-refractivity contribution in [2.75, 3.05) is 31.1 Å². The van der Waals surface area contributed by atoms with Gasteiger partial charge in [0.05, 0.1) is 6.54 Å². The molecule has 0 unspecified atom stereocenters. The molecule has 1 aromatic carbocycles. The largest absolute Gasteiger partial charge is 0.370 e. The molecule has 5 nitrogen and oxygen atoms in total. The smallest absolute Gasteiger partial charge is 0.251 e. The van der Waals surface area contributed by atoms with Crippen LogP contribution in [0.15, 0.2) is 29.3 Å². The van der Waals surface area contributed by atoms with Gasteiger partial charge in [0.2, 0.25) is 0 Å². The minimum Gasteiger partial charge on any atom is -0.370 e. The monoisotopic (exact) mass is 448 g/mol. The van der Waals surface area contributed by atoms with Crippen LogP contribution < -0.4 is 11.1 Å². The van der Waals surface area contributed by atoms with Crippen LogP contribution in [0, 0.1) is 0 Å². The summed E-state index contributed by atoms with van der Waals surface area (Å²) in [6, 6.07) is 7.57. The van der Waals surface area contributed by atoms with Gasteiger partial charge >= 0.3 is 0 Å². The van der Waals surface area contributed by atoms with E-state index in [1.54, 1.807) is 0 Å². The molecule has 1 aliphatic heterocycles. The van der Waals surface area contributed by atoms with Gasteiger partial charge in [-0.05, 0) is 24.1 Å². The maximum Gasteiger partial charge on any atom is 0.251 e. The third kappa shape index (κ3) is 6.58. The van der Waals surface area contributed by atoms with Crippen LogP contribution in [0.5, 0.6) is 0 Å². The van der Waals surface area contributed by atoms with E-state index in [0.29, 0.717) is 24.6 Å². The average molecular weight is 448 g/mol. The lowest BCUT2D eigenvalue weighted by Gasteiger charge is -2.27. The molecule has 3 N–H and O–H groups in total. The second-order valence-corrected chi connectivity index (χ2v) is 6.45. The first-order chi connectivity index (χ1) is 10.7. The molecule has 7 heteroatoms. The number of thioether (sulfide) groups is 1. The Labute approximate surface area is 159 Å². The second-order valence-electron chi connectivity index (χ2n) is 5.23. The van der Waals surface area contributed by atoms with E-state index in [1.807, 2.05) is 43.0 Å². The summed E-state index contributed by atoms with van der Waals surface area (Å²) in [7, 11) is 0. The lowest BCUT2D eigenvalue weighted by molar-refractivity contribution is 0.0953. The molecule has 0 aliphatic carbocycles. The van der Waals surface area contributed by atoms with Crippen LogP contribution in [0.4, 0.5) is 0 Å². The molecule has 23 heavy (non-hydrogen) atoms. The van der Waals surface area contributed by atoms with Crippen LogP contribution in [0.3, 0.4) is 0 Å². The highest BCUT2D eigenvalue weighted by molar-refractivity contribution is 14.0. The quantitative estimate of drug-likeness (QED) is 0.412. The van der Waals surface area contributed by atoms with Crippen molar-refractivity contribution in [3.63, 3.8) is 0 Å². The minimum absolute atomic E-state index is 0. The second kappa shape index (κ2) is 10.7. The molecule has 0 atom stereocenters. The van der Waals surface area contributed by atoms with Gasteiger partial charge < -0.3 is 16.0 Å². The number of hydrogen-bond acceptors (Lipinski definition) is 3. The van der Waals surface area contributed by atoms with Gasteiger partial charge in [-0.15, -0.1) is 24.0 Å². The van der Waals surface area contributed by atoms with E-state index in [-0.39, 0.29) is 29.9 Å². The van der Waals surface area contributed by atoms with E-state index in [9.17, 15) is 4.79 Å². The fraction of sp³-hybridized carbons (Fsp3) is 0.500. The fourth-order valence-corrected chi connectivity index (χ4v) is 3.12. The zero-order valence-electron chi connectivity index (χ0n) is 13.5. The molecule has 0 spiro atoms. The van der Waals surface area contributed by atoms with Gasteiger partial charge in [-0.3, -0.25) is 4.79 Å². The number of halogens is 1. The van der Waals surface area contributed by atoms with Crippen molar-refractivity contribution in [1.29, 1.82) is 0 Å². The number of aliphatic imine (C=N–C) groups is 1. The topological polar surface area (TPSA) is 70.7 Å². The summed E-state index contributed by atoms with van der Waals surface area (Å²) in [4.78, 5) is 18.5. The van der Waals surface area contributed by atoms with E-state index in [4.69, 9.17) is 5.73 Å². The van der Waals surface area contributed by atoms with E-state index < -0.39 is 0 Å². The Morgan fingerprint density at radius 2 is 2.13 bits per heavy atom. The number of benzene rings is 1. The Balaban J connectivity index is 0.00000264. The standard InChI is InChI=1S/C16H24N4OS.HI/c1-2-6-18-15(21)14-5-3-4-13(11-14)12-19-16(17)20-7-9-22-10-8-20;/h3-5,11H,2,6-10,12H2,1H3,(H2,17,19)(H,18,21);1H. The predicted molar refractivity (Wildman–Crippen MR) is 109 cm³/mol. The normalized spacial score (nSPS) is 15.0. The van der Waals surface area contributed by atoms with Gasteiger partial charge in [0.15, 0.2) is 5.96 Å². The van der Waals surface area contributed by atoms with Gasteiger partial charge in [0.1, 0.15) is 0 Å². The van der Waals surface area contributed by atoms with Crippen LogP contribution in [0.2, 0.25) is 0 Å². The molecule has 1 amide bonds. The van der Waals surface area contributed by atoms with Crippen LogP contribution >= 0.6 is 35.7 Å². The number of guanidine groups is 1. The Morgan fingerprint density at radius 1 is 1.39 bits per heavy atom. The maximum atomic E-state index is 12.0. The van der Waals surface area contributed by atoms with Crippen molar-refractivity contribution in [3.8, 4) is 0 Å². The number of amides is 1. The van der Waals surface area contributed by atoms with Gasteiger partial charge in [0.25, 0.3) is 5.91 Å². The highest BCUT2D eigenvalue weighted by Crippen LogP contribution is 2.10. The molecule has 128 valence electrons. The number of carbonyl (C=O) groups excluding carboxylic acids is 1. The average Bonchev–Trinajstić information content (AvgIpc) is 2.58. The van der Waals surface area contributed by atoms with Crippen molar-refractivity contribution < 1.29 is 4.79 Å². The van der Waals surface area contributed by atoms with Crippen molar-refractivity contribution in [2.45, 2.75) is 19.9 Å². The van der Waals surface area contributed by atoms with E-state index in [1.165, 1.54) is 0 Å². The van der Waals surface area contributed by atoms with E-state index in [0.717, 1.165) is 36.6 Å². The first-order valence-corrected chi connectivity index (χ1v) is 8.86. The molecule has 1 aromatic rings. The third-order valence-corrected chi connectivity index (χ3v) is 4.43. The number of nitrogens with two attached hydrogens (primary N) is 1. The SMILES string of the molecule is CCCNC(=O)c1cccc(CN=C(N)N2CCSCC2)c1.I. The van der Waals surface area contributed by atoms with Gasteiger partial charge in [-0.2, -0.15) is 11.8 Å². The zero-order valence-corrected chi connectivity index (χ0v) is 16.6. The Morgan fingerprint density at radius 3 is 2.83 bits per heavy atom. The number of hydrogen-bond donors (Lipinski definition) is 2. The summed E-state index contributed by atoms with van der Waals surface area (Å²) in [5, 5.41) is 2.88. The molecule has 0 saturated carbocycles. The van der Waals surface area contributed by atoms with Gasteiger partial charge in [-0.25, -0.2) is 4.99 Å². The lowest BCUT2D eigenvalue weighted by Crippen LogP contribution is -2.42. The van der Waals surface area contributed by atoms with E-state index >= 15 is 0 Å². The van der Waals surface area contributed by atoms with Crippen molar-refractivity contribution in [2.24, 2.45) is 10.7 Å². The third-order valence-electron chi connectivity index (χ3n) is 3.48. The maximum absolute atomic E-state index is 12.0. The van der Waals surface area contributed by atoms with Crippen molar-refractivity contribution in [3.05, 3.63) is 35.4 Å². The zero-order chi connectivity index (χ0) is 15.8. The number of rotatable bonds is 5. The van der Waals surface area contributed by atoms with E-state index in [2.05, 4.69) is 15.2 Å². The molecule has 1 heterocycles. The van der Waals surface area contributed by atoms with Crippen LogP contribution in [0.25, 0.3) is 0 Å². The molecular formula is C16H25IN4OS. The minimum atomic E-state index is -0.0336. The number of nitrogens with one attached hydrogen (secondary N) is 1. The van der Waals surface area contributed by atoms with Crippen molar-refractivity contribution >= 4 is 47.6 Å². The first-order valence-electron chi connectivity index (χ1n) is 7.70. The van der Waals surface area contributed by atoms with Gasteiger partial charge in [-0.1, -0.05) is 19.1 Å². The fourth-order valence-electron chi connectivity index (χ4n) is 2.22. The molecule has 1 fully saturated rings. The summed E-state index contributed by atoms with van der Waals surface area (Å²) in [6.07, 6.45) is 0.931. The predicted octanol–water partition coefficient (Wildman–Crippen LogP) is 2.31. The molecule has 0 bridgehead atoms. The molecule has 1 aliphatic rings. The Hall–Kier alpha value is -0.960. The molecule has 0 radical (unpaired) electrons. The Kier molecular flexibility index (Phi) is 9.39. The van der Waals surface area contributed by atoms with Gasteiger partial charge in [0, 0.05) is 36.7 Å². The molecule has 1 saturated heterocycles. The molecule has 2 rings (SSSR count). The summed E-state index contributed by atoms with van der Waals surface area (Å²) in [6.45, 7) is 5.15. The summed E-state index contributed by atoms with van der Waals surface area (Å²) < 4.78 is 0. The number of carbonyl (C=O) groups is 1. The van der Waals surface area contributed by atoms with Crippen LogP contribution in [0.1, 0.15) is 29.3 Å². The van der Waals surface area contributed by atoms with Crippen LogP contribution in [-0.2, 0) is 6.54 Å². The highest BCUT2D eigenvalue weighted by Gasteiger charge is 2.12. The lowest BCUT2D eigenvalue weighted by atomic mass is 10.1. The summed E-state index contributed by atoms with van der Waals surface area (Å²) in [5.74, 6) is 2.77. The number of nitrogens with zero attached hydrogens (tertiary/aromatic N) is 2. The van der Waals surface area contributed by atoms with Crippen molar-refractivity contribution in [1.82, 2.24) is 10.2 Å². The Bertz CT molecular complexity index is 533. The first kappa shape index (κ1) is 20.1. The highest BCUT2D eigenvalue weighted by atomic mass is 127. The molecular weight excluding hydrogens is 423 g/mol. The molecule has 0 aromatic heterocycles. The van der Waals surface area contributed by atoms with Crippen LogP contribution in [-0.4, -0.2) is 47.9 Å². The summed E-state index contributed by atoms with van der Waals surface area (Å²) >= 11 is 1.95. The summed E-state index contributed by atoms with van der Waals surface area (Å²) in [5.41, 5.74) is 7.72.